The summed E-state index contributed by atoms with van der Waals surface area (Å²) in [6.07, 6.45) is 3.75. The lowest BCUT2D eigenvalue weighted by Crippen LogP contribution is -2.09. The molecule has 0 saturated heterocycles. The van der Waals surface area contributed by atoms with Gasteiger partial charge >= 0.3 is 5.97 Å². The van der Waals surface area contributed by atoms with Crippen LogP contribution in [0.4, 0.5) is 8.78 Å². The second-order valence-electron chi connectivity index (χ2n) is 10.0. The summed E-state index contributed by atoms with van der Waals surface area (Å²) >= 11 is 0. The Hall–Kier alpha value is -5.48. The molecule has 0 bridgehead atoms. The Balaban J connectivity index is 0.000000178. The Bertz CT molecular complexity index is 1950. The van der Waals surface area contributed by atoms with Crippen molar-refractivity contribution in [2.24, 2.45) is 0 Å². The fourth-order valence-corrected chi connectivity index (χ4v) is 4.79. The van der Waals surface area contributed by atoms with Gasteiger partial charge in [-0.1, -0.05) is 42.5 Å². The largest absolute Gasteiger partial charge is 0.489 e. The lowest BCUT2D eigenvalue weighted by Gasteiger charge is -2.09. The molecule has 0 aliphatic heterocycles. The Morgan fingerprint density at radius 3 is 1.58 bits per heavy atom. The van der Waals surface area contributed by atoms with Crippen molar-refractivity contribution < 1.29 is 38.1 Å². The molecular formula is C35H30F2N2O6. The molecule has 0 radical (unpaired) electrons. The third-order valence-electron chi connectivity index (χ3n) is 7.11. The number of halogens is 2. The predicted octanol–water partition coefficient (Wildman–Crippen LogP) is 6.59. The number of fused-ring (bicyclic) bond motifs is 2. The summed E-state index contributed by atoms with van der Waals surface area (Å²) in [4.78, 5) is 22.6. The molecule has 0 amide bonds. The van der Waals surface area contributed by atoms with Crippen molar-refractivity contribution in [3.8, 4) is 11.5 Å². The minimum absolute atomic E-state index is 0.213. The number of rotatable bonds is 11. The van der Waals surface area contributed by atoms with Gasteiger partial charge in [-0.2, -0.15) is 0 Å². The van der Waals surface area contributed by atoms with Crippen molar-refractivity contribution >= 4 is 33.6 Å². The van der Waals surface area contributed by atoms with Gasteiger partial charge in [-0.25, -0.2) is 13.6 Å². The molecule has 0 fully saturated rings. The van der Waals surface area contributed by atoms with Crippen LogP contribution in [0.5, 0.6) is 11.5 Å². The van der Waals surface area contributed by atoms with Crippen LogP contribution in [0.25, 0.3) is 21.8 Å². The maximum atomic E-state index is 13.5. The molecule has 0 atom stereocenters. The Morgan fingerprint density at radius 2 is 1.11 bits per heavy atom. The van der Waals surface area contributed by atoms with Gasteiger partial charge in [0.15, 0.2) is 28.9 Å². The fraction of sp³-hybridized carbons (Fsp3) is 0.143. The van der Waals surface area contributed by atoms with Crippen molar-refractivity contribution in [2.45, 2.75) is 13.1 Å². The van der Waals surface area contributed by atoms with Crippen molar-refractivity contribution in [3.63, 3.8) is 0 Å². The minimum Gasteiger partial charge on any atom is -0.489 e. The van der Waals surface area contributed by atoms with E-state index >= 15 is 0 Å². The molecule has 2 N–H and O–H groups in total. The first-order valence-electron chi connectivity index (χ1n) is 14.1. The number of para-hydroxylation sites is 2. The zero-order chi connectivity index (χ0) is 31.8. The normalized spacial score (nSPS) is 10.8. The van der Waals surface area contributed by atoms with Crippen molar-refractivity contribution in [1.82, 2.24) is 9.13 Å². The quantitative estimate of drug-likeness (QED) is 0.160. The number of carboxylic acid groups (broad SMARTS) is 1. The summed E-state index contributed by atoms with van der Waals surface area (Å²) in [5.74, 6) is -1.63. The summed E-state index contributed by atoms with van der Waals surface area (Å²) in [5, 5.41) is 20.0. The van der Waals surface area contributed by atoms with Crippen LogP contribution >= 0.6 is 0 Å². The second kappa shape index (κ2) is 14.3. The average molecular weight is 613 g/mol. The van der Waals surface area contributed by atoms with Crippen molar-refractivity contribution in [2.75, 3.05) is 19.8 Å². The smallest absolute Gasteiger partial charge is 0.335 e. The first kappa shape index (κ1) is 31.0. The van der Waals surface area contributed by atoms with E-state index in [2.05, 4.69) is 0 Å². The van der Waals surface area contributed by atoms with Crippen LogP contribution in [-0.4, -0.2) is 50.9 Å². The molecule has 2 heterocycles. The van der Waals surface area contributed by atoms with Gasteiger partial charge in [0.2, 0.25) is 0 Å². The zero-order valence-electron chi connectivity index (χ0n) is 24.1. The monoisotopic (exact) mass is 612 g/mol. The van der Waals surface area contributed by atoms with Crippen LogP contribution < -0.4 is 9.47 Å². The van der Waals surface area contributed by atoms with Gasteiger partial charge in [0.05, 0.1) is 18.7 Å². The molecule has 10 heteroatoms. The molecule has 6 rings (SSSR count). The van der Waals surface area contributed by atoms with E-state index in [0.717, 1.165) is 21.8 Å². The van der Waals surface area contributed by atoms with Crippen LogP contribution in [0.2, 0.25) is 0 Å². The molecule has 8 nitrogen and oxygen atoms in total. The molecule has 45 heavy (non-hydrogen) atoms. The average Bonchev–Trinajstić information content (AvgIpc) is 3.66. The maximum absolute atomic E-state index is 13.5. The molecule has 230 valence electrons. The predicted molar refractivity (Wildman–Crippen MR) is 166 cm³/mol. The van der Waals surface area contributed by atoms with E-state index in [-0.39, 0.29) is 28.7 Å². The van der Waals surface area contributed by atoms with Crippen LogP contribution in [0, 0.1) is 11.6 Å². The summed E-state index contributed by atoms with van der Waals surface area (Å²) < 4.78 is 41.7. The number of carboxylic acids is 1. The van der Waals surface area contributed by atoms with E-state index in [0.29, 0.717) is 31.9 Å². The number of hydrogen-bond donors (Lipinski definition) is 2. The first-order chi connectivity index (χ1) is 21.8. The number of aromatic carboxylic acids is 1. The number of carbonyl (C=O) groups excluding carboxylic acids is 1. The maximum Gasteiger partial charge on any atom is 0.335 e. The topological polar surface area (TPSA) is 103 Å². The number of aliphatic hydroxyl groups is 1. The lowest BCUT2D eigenvalue weighted by molar-refractivity contribution is 0.0696. The van der Waals surface area contributed by atoms with Gasteiger partial charge in [0, 0.05) is 29.0 Å². The number of nitrogens with zero attached hydrogens (tertiary/aromatic N) is 2. The second-order valence-corrected chi connectivity index (χ2v) is 10.0. The van der Waals surface area contributed by atoms with Crippen molar-refractivity contribution in [3.05, 3.63) is 132 Å². The lowest BCUT2D eigenvalue weighted by atomic mass is 10.1. The van der Waals surface area contributed by atoms with Crippen LogP contribution in [0.3, 0.4) is 0 Å². The molecule has 0 aliphatic carbocycles. The standard InChI is InChI=1S/C18H16FNO3.C17H14FNO3/c19-15-3-1-2-4-18(15)23-10-9-20-8-7-13-5-6-14(11-16(13)20)17(22)12-21;18-14-3-1-2-4-16(14)22-10-9-19-8-7-12-5-6-13(17(20)21)11-15(12)19/h1-8,11,21H,9-10,12H2;1-8,11H,9-10H2,(H,20,21). The third-order valence-corrected chi connectivity index (χ3v) is 7.11. The fourth-order valence-electron chi connectivity index (χ4n) is 4.79. The van der Waals surface area contributed by atoms with Gasteiger partial charge in [-0.05, 0) is 65.4 Å². The molecule has 4 aromatic carbocycles. The van der Waals surface area contributed by atoms with E-state index in [1.807, 2.05) is 39.7 Å². The highest BCUT2D eigenvalue weighted by Crippen LogP contribution is 2.21. The first-order valence-corrected chi connectivity index (χ1v) is 14.1. The van der Waals surface area contributed by atoms with E-state index in [9.17, 15) is 18.4 Å². The molecule has 2 aromatic heterocycles. The Kier molecular flexibility index (Phi) is 9.86. The van der Waals surface area contributed by atoms with Gasteiger partial charge < -0.3 is 28.8 Å². The third kappa shape index (κ3) is 7.54. The van der Waals surface area contributed by atoms with Crippen LogP contribution in [0.1, 0.15) is 20.7 Å². The molecule has 0 spiro atoms. The minimum atomic E-state index is -0.961. The molecule has 0 aliphatic rings. The number of benzene rings is 4. The van der Waals surface area contributed by atoms with E-state index in [1.54, 1.807) is 66.7 Å². The summed E-state index contributed by atoms with van der Waals surface area (Å²) in [6.45, 7) is 1.11. The van der Waals surface area contributed by atoms with E-state index in [4.69, 9.17) is 19.7 Å². The van der Waals surface area contributed by atoms with E-state index in [1.165, 1.54) is 12.1 Å². The van der Waals surface area contributed by atoms with E-state index < -0.39 is 18.4 Å². The van der Waals surface area contributed by atoms with Crippen molar-refractivity contribution in [1.29, 1.82) is 0 Å². The summed E-state index contributed by atoms with van der Waals surface area (Å²) in [6, 6.07) is 26.6. The number of carbonyl (C=O) groups is 2. The summed E-state index contributed by atoms with van der Waals surface area (Å²) in [5.41, 5.74) is 2.40. The molecule has 0 unspecified atom stereocenters. The highest BCUT2D eigenvalue weighted by Gasteiger charge is 2.10. The summed E-state index contributed by atoms with van der Waals surface area (Å²) in [7, 11) is 0. The molecule has 6 aromatic rings. The van der Waals surface area contributed by atoms with Crippen LogP contribution in [-0.2, 0) is 13.1 Å². The van der Waals surface area contributed by atoms with Gasteiger partial charge in [0.25, 0.3) is 0 Å². The Morgan fingerprint density at radius 1 is 0.644 bits per heavy atom. The van der Waals surface area contributed by atoms with Gasteiger partial charge in [-0.3, -0.25) is 4.79 Å². The number of Topliss-reactive ketones (excluding diaryl/α,β-unsaturated/α-hetero) is 1. The number of aromatic nitrogens is 2. The number of ether oxygens (including phenoxy) is 2. The van der Waals surface area contributed by atoms with Gasteiger partial charge in [-0.15, -0.1) is 0 Å². The number of aliphatic hydroxyl groups excluding tert-OH is 1. The number of ketones is 1. The molecule has 0 saturated carbocycles. The van der Waals surface area contributed by atoms with Crippen LogP contribution in [0.15, 0.2) is 109 Å². The highest BCUT2D eigenvalue weighted by molar-refractivity contribution is 6.00. The van der Waals surface area contributed by atoms with Gasteiger partial charge in [0.1, 0.15) is 19.8 Å². The SMILES string of the molecule is O=C(CO)c1ccc2ccn(CCOc3ccccc3F)c2c1.O=C(O)c1ccc2ccn(CCOc3ccccc3F)c2c1. The number of hydrogen-bond acceptors (Lipinski definition) is 5. The zero-order valence-corrected chi connectivity index (χ0v) is 24.1. The highest BCUT2D eigenvalue weighted by atomic mass is 19.1. The molecular weight excluding hydrogens is 582 g/mol. The Labute approximate surface area is 257 Å².